The first-order valence-electron chi connectivity index (χ1n) is 8.91. The Morgan fingerprint density at radius 2 is 2.04 bits per heavy atom. The Balaban J connectivity index is 1.45. The Morgan fingerprint density at radius 3 is 2.79 bits per heavy atom. The van der Waals surface area contributed by atoms with Crippen molar-refractivity contribution in [3.05, 3.63) is 63.6 Å². The number of hydrogen-bond donors (Lipinski definition) is 2. The molecule has 3 unspecified atom stereocenters. The van der Waals surface area contributed by atoms with Gasteiger partial charge in [-0.1, -0.05) is 18.2 Å². The molecule has 1 aromatic heterocycles. The monoisotopic (exact) mass is 494 g/mol. The summed E-state index contributed by atoms with van der Waals surface area (Å²) >= 11 is -0.227. The van der Waals surface area contributed by atoms with Crippen molar-refractivity contribution >= 4 is 11.8 Å². The van der Waals surface area contributed by atoms with Gasteiger partial charge in [-0.3, -0.25) is 0 Å². The fraction of sp³-hybridized carbons (Fsp3) is 0.316. The van der Waals surface area contributed by atoms with Gasteiger partial charge < -0.3 is 0 Å². The standard InChI is InChI=1S/C19H17IN3O5/c24-16-11(18(26)21-7-10-4-2-1-3-5-10)8-22-9-14-23(12-6-13(20-12)28-14)19(27)15(22)17(16)25/h1-5,8,12-14,25H,6-7,9H2,(H,21,26)/q-1. The third-order valence-corrected chi connectivity index (χ3v) is 8.71. The number of halogens is 1. The number of aromatic hydroxyl groups is 1. The van der Waals surface area contributed by atoms with Gasteiger partial charge in [0.25, 0.3) is 0 Å². The molecular formula is C19H17IN3O5-. The Kier molecular flexibility index (Phi) is 4.16. The van der Waals surface area contributed by atoms with Gasteiger partial charge in [0, 0.05) is 0 Å². The van der Waals surface area contributed by atoms with E-state index >= 15 is 0 Å². The summed E-state index contributed by atoms with van der Waals surface area (Å²) in [7, 11) is 0. The molecule has 0 spiro atoms. The summed E-state index contributed by atoms with van der Waals surface area (Å²) in [6.07, 6.45) is 1.78. The zero-order valence-electron chi connectivity index (χ0n) is 14.7. The van der Waals surface area contributed by atoms with E-state index in [4.69, 9.17) is 4.74 Å². The van der Waals surface area contributed by atoms with E-state index in [1.54, 1.807) is 4.90 Å². The summed E-state index contributed by atoms with van der Waals surface area (Å²) < 4.78 is 7.87. The van der Waals surface area contributed by atoms with E-state index in [-0.39, 0.29) is 47.2 Å². The number of alkyl halides is 2. The maximum absolute atomic E-state index is 12.9. The van der Waals surface area contributed by atoms with Crippen LogP contribution in [-0.2, 0) is 17.8 Å². The fourth-order valence-corrected chi connectivity index (χ4v) is 6.69. The van der Waals surface area contributed by atoms with Crippen molar-refractivity contribution in [1.82, 2.24) is 14.8 Å². The minimum absolute atomic E-state index is 0.0567. The second kappa shape index (κ2) is 6.59. The average molecular weight is 494 g/mol. The molecule has 5 heterocycles. The number of amides is 2. The SMILES string of the molecule is O=C(NCc1ccccc1)c1cn2c(c(O)c1=O)C(=O)N1C(C2)OC2CC1[I-]2. The number of carbonyl (C=O) groups is 2. The van der Waals surface area contributed by atoms with Crippen LogP contribution >= 0.6 is 0 Å². The van der Waals surface area contributed by atoms with Gasteiger partial charge in [0.2, 0.25) is 0 Å². The van der Waals surface area contributed by atoms with Crippen LogP contribution in [0, 0.1) is 0 Å². The number of aromatic nitrogens is 1. The summed E-state index contributed by atoms with van der Waals surface area (Å²) in [5.41, 5.74) is -0.185. The van der Waals surface area contributed by atoms with Crippen molar-refractivity contribution in [3.8, 4) is 5.75 Å². The molecule has 2 amide bonds. The molecule has 9 heteroatoms. The van der Waals surface area contributed by atoms with Crippen LogP contribution in [-0.4, -0.2) is 40.8 Å². The van der Waals surface area contributed by atoms with Crippen molar-refractivity contribution in [2.75, 3.05) is 0 Å². The van der Waals surface area contributed by atoms with Gasteiger partial charge in [-0.05, 0) is 0 Å². The van der Waals surface area contributed by atoms with Crippen molar-refractivity contribution < 1.29 is 40.6 Å². The second-order valence-corrected chi connectivity index (χ2v) is 10.4. The van der Waals surface area contributed by atoms with E-state index in [9.17, 15) is 19.5 Å². The van der Waals surface area contributed by atoms with Crippen LogP contribution < -0.4 is 32.0 Å². The van der Waals surface area contributed by atoms with Gasteiger partial charge in [-0.2, -0.15) is 0 Å². The van der Waals surface area contributed by atoms with E-state index in [0.29, 0.717) is 6.54 Å². The Morgan fingerprint density at radius 1 is 1.29 bits per heavy atom. The predicted molar refractivity (Wildman–Crippen MR) is 93.2 cm³/mol. The molecule has 146 valence electrons. The number of carbonyl (C=O) groups excluding carboxylic acids is 2. The van der Waals surface area contributed by atoms with E-state index in [1.807, 2.05) is 30.3 Å². The van der Waals surface area contributed by atoms with E-state index in [0.717, 1.165) is 12.0 Å². The molecule has 8 nitrogen and oxygen atoms in total. The first kappa shape index (κ1) is 17.7. The van der Waals surface area contributed by atoms with Crippen molar-refractivity contribution in [1.29, 1.82) is 0 Å². The van der Waals surface area contributed by atoms with Crippen LogP contribution in [0.4, 0.5) is 0 Å². The van der Waals surface area contributed by atoms with Crippen LogP contribution in [0.2, 0.25) is 0 Å². The van der Waals surface area contributed by atoms with Crippen molar-refractivity contribution in [2.24, 2.45) is 0 Å². The molecule has 1 aromatic carbocycles. The van der Waals surface area contributed by atoms with Crippen molar-refractivity contribution in [2.45, 2.75) is 33.9 Å². The fourth-order valence-electron chi connectivity index (χ4n) is 3.72. The summed E-state index contributed by atoms with van der Waals surface area (Å²) in [6.45, 7) is 0.553. The molecule has 4 aliphatic heterocycles. The third-order valence-electron chi connectivity index (χ3n) is 5.17. The van der Waals surface area contributed by atoms with Crippen LogP contribution in [0.25, 0.3) is 0 Å². The van der Waals surface area contributed by atoms with E-state index in [1.165, 1.54) is 10.8 Å². The topological polar surface area (TPSA) is 101 Å². The maximum atomic E-state index is 12.9. The summed E-state index contributed by atoms with van der Waals surface area (Å²) in [4.78, 5) is 39.7. The number of benzene rings is 1. The summed E-state index contributed by atoms with van der Waals surface area (Å²) in [5, 5.41) is 13.1. The zero-order chi connectivity index (χ0) is 19.4. The Bertz CT molecular complexity index is 1030. The Hall–Kier alpha value is -2.40. The first-order valence-corrected chi connectivity index (χ1v) is 11.4. The number of hydrogen-bond acceptors (Lipinski definition) is 5. The summed E-state index contributed by atoms with van der Waals surface area (Å²) in [5.74, 6) is -1.66. The number of nitrogens with one attached hydrogen (secondary N) is 1. The normalized spacial score (nSPS) is 25.1. The predicted octanol–water partition coefficient (Wildman–Crippen LogP) is -2.56. The first-order chi connectivity index (χ1) is 13.5. The molecule has 0 radical (unpaired) electrons. The molecule has 2 bridgehead atoms. The quantitative estimate of drug-likeness (QED) is 0.278. The van der Waals surface area contributed by atoms with Crippen LogP contribution in [0.1, 0.15) is 32.8 Å². The van der Waals surface area contributed by atoms with Crippen LogP contribution in [0.5, 0.6) is 5.75 Å². The van der Waals surface area contributed by atoms with Gasteiger partial charge in [0.05, 0.1) is 0 Å². The molecule has 4 aliphatic rings. The molecule has 6 rings (SSSR count). The molecule has 3 fully saturated rings. The molecule has 0 aliphatic carbocycles. The van der Waals surface area contributed by atoms with Gasteiger partial charge in [0.15, 0.2) is 0 Å². The van der Waals surface area contributed by atoms with Crippen molar-refractivity contribution in [3.63, 3.8) is 0 Å². The van der Waals surface area contributed by atoms with E-state index < -0.39 is 29.2 Å². The number of ether oxygens (including phenoxy) is 1. The third kappa shape index (κ3) is 2.72. The molecule has 28 heavy (non-hydrogen) atoms. The van der Waals surface area contributed by atoms with Crippen LogP contribution in [0.3, 0.4) is 0 Å². The Labute approximate surface area is 170 Å². The van der Waals surface area contributed by atoms with Gasteiger partial charge >= 0.3 is 152 Å². The number of pyridine rings is 1. The summed E-state index contributed by atoms with van der Waals surface area (Å²) in [6, 6.07) is 9.31. The number of rotatable bonds is 3. The minimum atomic E-state index is -0.831. The molecular weight excluding hydrogens is 477 g/mol. The number of fused-ring (bicyclic) bond motifs is 1. The van der Waals surface area contributed by atoms with E-state index in [2.05, 4.69) is 5.32 Å². The average Bonchev–Trinajstić information content (AvgIpc) is 2.68. The number of nitrogens with zero attached hydrogens (tertiary/aromatic N) is 2. The zero-order valence-corrected chi connectivity index (χ0v) is 16.8. The van der Waals surface area contributed by atoms with Gasteiger partial charge in [-0.15, -0.1) is 0 Å². The molecule has 2 aromatic rings. The molecule has 2 N–H and O–H groups in total. The van der Waals surface area contributed by atoms with Gasteiger partial charge in [0.1, 0.15) is 0 Å². The molecule has 3 atom stereocenters. The van der Waals surface area contributed by atoms with Crippen LogP contribution in [0.15, 0.2) is 41.3 Å². The van der Waals surface area contributed by atoms with Gasteiger partial charge in [-0.25, -0.2) is 0 Å². The second-order valence-electron chi connectivity index (χ2n) is 6.90. The molecule has 3 saturated heterocycles. The molecule has 0 saturated carbocycles.